The number of hydrogen-bond donors (Lipinski definition) is 1. The fraction of sp³-hybridized carbons (Fsp3) is 1.00. The number of hydrogen-bond acceptors (Lipinski definition) is 4. The van der Waals surface area contributed by atoms with Crippen LogP contribution in [-0.2, 0) is 9.84 Å². The van der Waals surface area contributed by atoms with Crippen LogP contribution in [0.3, 0.4) is 0 Å². The van der Waals surface area contributed by atoms with Crippen LogP contribution in [-0.4, -0.2) is 49.0 Å². The maximum atomic E-state index is 11.5. The normalized spacial score (nSPS) is 42.8. The zero-order chi connectivity index (χ0) is 12.0. The Morgan fingerprint density at radius 2 is 1.41 bits per heavy atom. The molecule has 17 heavy (non-hydrogen) atoms. The molecule has 98 valence electrons. The largest absolute Gasteiger partial charge is 0.328 e. The first-order valence-corrected chi connectivity index (χ1v) is 8.61. The van der Waals surface area contributed by atoms with Crippen molar-refractivity contribution in [1.82, 2.24) is 4.90 Å². The molecule has 0 aliphatic carbocycles. The van der Waals surface area contributed by atoms with E-state index in [0.29, 0.717) is 35.7 Å². The summed E-state index contributed by atoms with van der Waals surface area (Å²) in [6, 6.07) is 2.14. The van der Waals surface area contributed by atoms with E-state index in [9.17, 15) is 8.42 Å². The van der Waals surface area contributed by atoms with Crippen LogP contribution in [0.4, 0.5) is 0 Å². The molecule has 3 aliphatic heterocycles. The molecule has 3 rings (SSSR count). The van der Waals surface area contributed by atoms with E-state index in [4.69, 9.17) is 5.73 Å². The van der Waals surface area contributed by atoms with E-state index in [-0.39, 0.29) is 0 Å². The summed E-state index contributed by atoms with van der Waals surface area (Å²) in [6.45, 7) is 0. The van der Waals surface area contributed by atoms with E-state index < -0.39 is 9.84 Å². The molecule has 3 fully saturated rings. The summed E-state index contributed by atoms with van der Waals surface area (Å²) in [4.78, 5) is 2.62. The number of nitrogens with two attached hydrogens (primary N) is 1. The summed E-state index contributed by atoms with van der Waals surface area (Å²) in [5, 5.41) is 0. The van der Waals surface area contributed by atoms with Crippen LogP contribution in [0, 0.1) is 0 Å². The topological polar surface area (TPSA) is 63.4 Å². The Labute approximate surface area is 103 Å². The molecule has 0 radical (unpaired) electrons. The third-order valence-electron chi connectivity index (χ3n) is 4.77. The van der Waals surface area contributed by atoms with Crippen molar-refractivity contribution in [3.8, 4) is 0 Å². The molecular weight excluding hydrogens is 236 g/mol. The zero-order valence-corrected chi connectivity index (χ0v) is 11.0. The highest BCUT2D eigenvalue weighted by Crippen LogP contribution is 2.38. The van der Waals surface area contributed by atoms with E-state index in [2.05, 4.69) is 4.90 Å². The van der Waals surface area contributed by atoms with E-state index in [0.717, 1.165) is 25.7 Å². The highest BCUT2D eigenvalue weighted by molar-refractivity contribution is 7.91. The first-order valence-electron chi connectivity index (χ1n) is 6.78. The minimum Gasteiger partial charge on any atom is -0.328 e. The van der Waals surface area contributed by atoms with Crippen LogP contribution >= 0.6 is 0 Å². The summed E-state index contributed by atoms with van der Waals surface area (Å²) in [6.07, 6.45) is 6.43. The van der Waals surface area contributed by atoms with Gasteiger partial charge in [0, 0.05) is 24.2 Å². The van der Waals surface area contributed by atoms with Gasteiger partial charge < -0.3 is 5.73 Å². The molecule has 2 unspecified atom stereocenters. The van der Waals surface area contributed by atoms with Crippen molar-refractivity contribution in [2.45, 2.75) is 62.7 Å². The quantitative estimate of drug-likeness (QED) is 0.744. The monoisotopic (exact) mass is 258 g/mol. The Hall–Kier alpha value is -0.130. The van der Waals surface area contributed by atoms with Crippen molar-refractivity contribution in [3.05, 3.63) is 0 Å². The fourth-order valence-electron chi connectivity index (χ4n) is 4.03. The van der Waals surface area contributed by atoms with Crippen LogP contribution in [0.25, 0.3) is 0 Å². The van der Waals surface area contributed by atoms with Crippen molar-refractivity contribution in [3.63, 3.8) is 0 Å². The smallest absolute Gasteiger partial charge is 0.150 e. The van der Waals surface area contributed by atoms with Crippen LogP contribution < -0.4 is 5.73 Å². The fourth-order valence-corrected chi connectivity index (χ4v) is 5.49. The molecule has 0 aromatic heterocycles. The van der Waals surface area contributed by atoms with Crippen LogP contribution in [0.1, 0.15) is 38.5 Å². The minimum absolute atomic E-state index is 0.371. The van der Waals surface area contributed by atoms with E-state index in [1.807, 2.05) is 0 Å². The first-order chi connectivity index (χ1) is 8.05. The SMILES string of the molecule is NC1CC2CCC(C1)N2C1CCS(=O)(=O)CC1. The Bertz CT molecular complexity index is 367. The molecular formula is C12H22N2O2S. The number of sulfone groups is 1. The van der Waals surface area contributed by atoms with Crippen molar-refractivity contribution in [1.29, 1.82) is 0 Å². The van der Waals surface area contributed by atoms with Crippen molar-refractivity contribution < 1.29 is 8.42 Å². The van der Waals surface area contributed by atoms with Gasteiger partial charge in [0.2, 0.25) is 0 Å². The predicted octanol–water partition coefficient (Wildman–Crippen LogP) is 0.518. The number of fused-ring (bicyclic) bond motifs is 2. The Morgan fingerprint density at radius 1 is 0.882 bits per heavy atom. The average Bonchev–Trinajstić information content (AvgIpc) is 2.53. The van der Waals surface area contributed by atoms with Gasteiger partial charge in [0.25, 0.3) is 0 Å². The first kappa shape index (κ1) is 11.9. The second-order valence-electron chi connectivity index (χ2n) is 5.95. The summed E-state index contributed by atoms with van der Waals surface area (Å²) < 4.78 is 22.9. The molecule has 5 heteroatoms. The predicted molar refractivity (Wildman–Crippen MR) is 67.5 cm³/mol. The van der Waals surface area contributed by atoms with E-state index in [1.165, 1.54) is 12.8 Å². The molecule has 2 N–H and O–H groups in total. The highest BCUT2D eigenvalue weighted by Gasteiger charge is 2.43. The second-order valence-corrected chi connectivity index (χ2v) is 8.25. The number of rotatable bonds is 1. The molecule has 3 saturated heterocycles. The van der Waals surface area contributed by atoms with Gasteiger partial charge in [-0.1, -0.05) is 0 Å². The molecule has 0 saturated carbocycles. The Kier molecular flexibility index (Phi) is 2.96. The van der Waals surface area contributed by atoms with Gasteiger partial charge in [-0.05, 0) is 38.5 Å². The van der Waals surface area contributed by atoms with Gasteiger partial charge in [-0.15, -0.1) is 0 Å². The Balaban J connectivity index is 1.70. The number of nitrogens with zero attached hydrogens (tertiary/aromatic N) is 1. The summed E-state index contributed by atoms with van der Waals surface area (Å²) >= 11 is 0. The van der Waals surface area contributed by atoms with Gasteiger partial charge in [-0.2, -0.15) is 0 Å². The van der Waals surface area contributed by atoms with Crippen molar-refractivity contribution in [2.75, 3.05) is 11.5 Å². The van der Waals surface area contributed by atoms with Crippen molar-refractivity contribution in [2.24, 2.45) is 5.73 Å². The standard InChI is InChI=1S/C12H22N2O2S/c13-9-7-11-1-2-12(8-9)14(11)10-3-5-17(15,16)6-4-10/h9-12H,1-8,13H2. The lowest BCUT2D eigenvalue weighted by atomic mass is 9.94. The van der Waals surface area contributed by atoms with Gasteiger partial charge in [0.15, 0.2) is 0 Å². The van der Waals surface area contributed by atoms with Crippen LogP contribution in [0.5, 0.6) is 0 Å². The van der Waals surface area contributed by atoms with E-state index >= 15 is 0 Å². The summed E-state index contributed by atoms with van der Waals surface area (Å²) in [5.74, 6) is 0.777. The van der Waals surface area contributed by atoms with E-state index in [1.54, 1.807) is 0 Å². The average molecular weight is 258 g/mol. The minimum atomic E-state index is -2.73. The zero-order valence-electron chi connectivity index (χ0n) is 10.2. The summed E-state index contributed by atoms with van der Waals surface area (Å²) in [5.41, 5.74) is 6.07. The lowest BCUT2D eigenvalue weighted by molar-refractivity contribution is 0.0719. The molecule has 0 aromatic rings. The third-order valence-corrected chi connectivity index (χ3v) is 6.49. The van der Waals surface area contributed by atoms with Gasteiger partial charge in [0.05, 0.1) is 11.5 Å². The lowest BCUT2D eigenvalue weighted by Crippen LogP contribution is -2.53. The maximum Gasteiger partial charge on any atom is 0.150 e. The molecule has 2 bridgehead atoms. The van der Waals surface area contributed by atoms with Crippen LogP contribution in [0.15, 0.2) is 0 Å². The molecule has 2 atom stereocenters. The highest BCUT2D eigenvalue weighted by atomic mass is 32.2. The lowest BCUT2D eigenvalue weighted by Gasteiger charge is -2.44. The third kappa shape index (κ3) is 2.25. The molecule has 4 nitrogen and oxygen atoms in total. The van der Waals surface area contributed by atoms with Crippen LogP contribution in [0.2, 0.25) is 0 Å². The molecule has 3 aliphatic rings. The molecule has 0 aromatic carbocycles. The maximum absolute atomic E-state index is 11.5. The molecule has 0 spiro atoms. The van der Waals surface area contributed by atoms with Gasteiger partial charge in [-0.3, -0.25) is 4.90 Å². The van der Waals surface area contributed by atoms with Gasteiger partial charge >= 0.3 is 0 Å². The summed E-state index contributed by atoms with van der Waals surface area (Å²) in [7, 11) is -2.73. The molecule has 0 amide bonds. The molecule has 3 heterocycles. The second kappa shape index (κ2) is 4.21. The van der Waals surface area contributed by atoms with Crippen molar-refractivity contribution >= 4 is 9.84 Å². The Morgan fingerprint density at radius 3 is 1.94 bits per heavy atom. The number of piperidine rings is 1. The van der Waals surface area contributed by atoms with Gasteiger partial charge in [0.1, 0.15) is 9.84 Å². The van der Waals surface area contributed by atoms with Gasteiger partial charge in [-0.25, -0.2) is 8.42 Å².